The van der Waals surface area contributed by atoms with Crippen molar-refractivity contribution in [1.82, 2.24) is 4.98 Å². The average Bonchev–Trinajstić information content (AvgIpc) is 2.63. The third-order valence-corrected chi connectivity index (χ3v) is 5.12. The van der Waals surface area contributed by atoms with E-state index in [0.717, 1.165) is 16.2 Å². The van der Waals surface area contributed by atoms with Crippen molar-refractivity contribution in [2.45, 2.75) is 19.3 Å². The second-order valence-electron chi connectivity index (χ2n) is 6.29. The van der Waals surface area contributed by atoms with Crippen LogP contribution in [0.4, 0.5) is 8.78 Å². The molecule has 1 N–H and O–H groups in total. The van der Waals surface area contributed by atoms with Crippen LogP contribution in [-0.2, 0) is 5.41 Å². The number of hydrogen-bond acceptors (Lipinski definition) is 3. The number of benzene rings is 2. The monoisotopic (exact) mass is 430 g/mol. The summed E-state index contributed by atoms with van der Waals surface area (Å²) in [5, 5.41) is 13.1. The van der Waals surface area contributed by atoms with Gasteiger partial charge in [-0.15, -0.1) is 0 Å². The molecule has 1 heterocycles. The molecule has 2 aromatic carbocycles. The molecule has 0 radical (unpaired) electrons. The molecule has 0 spiro atoms. The Hall–Kier alpha value is -2.60. The number of pyridine rings is 1. The molecule has 3 aromatic rings. The van der Waals surface area contributed by atoms with Crippen molar-refractivity contribution < 1.29 is 14.0 Å². The van der Waals surface area contributed by atoms with Gasteiger partial charge in [0.15, 0.2) is 0 Å². The number of rotatable bonds is 4. The molecular weight excluding hydrogens is 414 g/mol. The molecule has 1 atom stereocenters. The highest BCUT2D eigenvalue weighted by Crippen LogP contribution is 2.41. The maximum atomic E-state index is 14.1. The van der Waals surface area contributed by atoms with Crippen molar-refractivity contribution in [3.8, 4) is 0 Å². The quantitative estimate of drug-likeness (QED) is 0.331. The molecule has 0 saturated heterocycles. The Morgan fingerprint density at radius 2 is 1.59 bits per heavy atom. The van der Waals surface area contributed by atoms with Gasteiger partial charge in [0.05, 0.1) is 11.1 Å². The van der Waals surface area contributed by atoms with E-state index in [2.05, 4.69) is 26.1 Å². The topological polar surface area (TPSA) is 45.5 Å². The smallest absolute Gasteiger partial charge is 0.126 e. The summed E-state index contributed by atoms with van der Waals surface area (Å²) in [5.41, 5.74) is 1.54. The van der Waals surface area contributed by atoms with Crippen molar-refractivity contribution in [1.29, 1.82) is 0 Å². The van der Waals surface area contributed by atoms with Gasteiger partial charge in [0.2, 0.25) is 0 Å². The zero-order valence-electron chi connectivity index (χ0n) is 14.7. The second kappa shape index (κ2) is 7.56. The van der Waals surface area contributed by atoms with Gasteiger partial charge in [0.1, 0.15) is 11.6 Å². The molecular formula is C21H17BrF2N2O. The van der Waals surface area contributed by atoms with E-state index in [1.807, 2.05) is 37.3 Å². The predicted molar refractivity (Wildman–Crippen MR) is 104 cm³/mol. The number of oxime groups is 1. The standard InChI is InChI=1S/C21H17BrF2N2O/c1-13-9-16(7-8-25-13)21(14(2)26-27,15-3-5-18(22)6-4-15)17-10-19(23)12-20(24)11-17/h3-12,27H,1-2H3. The van der Waals surface area contributed by atoms with Gasteiger partial charge in [-0.1, -0.05) is 33.2 Å². The average molecular weight is 431 g/mol. The van der Waals surface area contributed by atoms with E-state index in [4.69, 9.17) is 0 Å². The van der Waals surface area contributed by atoms with Crippen LogP contribution in [0.2, 0.25) is 0 Å². The summed E-state index contributed by atoms with van der Waals surface area (Å²) in [6, 6.07) is 14.2. The molecule has 1 aromatic heterocycles. The maximum absolute atomic E-state index is 14.1. The highest BCUT2D eigenvalue weighted by molar-refractivity contribution is 9.10. The maximum Gasteiger partial charge on any atom is 0.126 e. The summed E-state index contributed by atoms with van der Waals surface area (Å²) < 4.78 is 29.1. The van der Waals surface area contributed by atoms with E-state index in [0.29, 0.717) is 16.7 Å². The Balaban J connectivity index is 2.47. The van der Waals surface area contributed by atoms with Crippen molar-refractivity contribution in [3.05, 3.63) is 99.3 Å². The van der Waals surface area contributed by atoms with Crippen LogP contribution in [0.3, 0.4) is 0 Å². The van der Waals surface area contributed by atoms with E-state index in [1.54, 1.807) is 19.2 Å². The third kappa shape index (κ3) is 3.49. The third-order valence-electron chi connectivity index (χ3n) is 4.60. The Bertz CT molecular complexity index is 985. The van der Waals surface area contributed by atoms with Gasteiger partial charge in [-0.2, -0.15) is 0 Å². The van der Waals surface area contributed by atoms with Crippen LogP contribution in [-0.4, -0.2) is 15.9 Å². The lowest BCUT2D eigenvalue weighted by Gasteiger charge is -2.35. The molecule has 0 amide bonds. The minimum absolute atomic E-state index is 0.278. The molecule has 6 heteroatoms. The molecule has 0 aliphatic carbocycles. The summed E-state index contributed by atoms with van der Waals surface area (Å²) >= 11 is 3.40. The van der Waals surface area contributed by atoms with Gasteiger partial charge in [-0.05, 0) is 66.9 Å². The van der Waals surface area contributed by atoms with Gasteiger partial charge in [-0.25, -0.2) is 8.78 Å². The summed E-state index contributed by atoms with van der Waals surface area (Å²) in [5.74, 6) is -1.41. The SMILES string of the molecule is CC(=NO)C(c1ccc(Br)cc1)(c1cc(F)cc(F)c1)c1ccnc(C)c1. The molecule has 0 saturated carbocycles. The lowest BCUT2D eigenvalue weighted by molar-refractivity contribution is 0.315. The predicted octanol–water partition coefficient (Wildman–Crippen LogP) is 5.62. The molecule has 138 valence electrons. The van der Waals surface area contributed by atoms with Gasteiger partial charge in [0, 0.05) is 22.4 Å². The van der Waals surface area contributed by atoms with Crippen molar-refractivity contribution in [2.24, 2.45) is 5.16 Å². The normalized spacial score (nSPS) is 14.0. The van der Waals surface area contributed by atoms with E-state index in [1.165, 1.54) is 12.1 Å². The lowest BCUT2D eigenvalue weighted by atomic mass is 9.66. The fourth-order valence-corrected chi connectivity index (χ4v) is 3.72. The number of aromatic nitrogens is 1. The minimum Gasteiger partial charge on any atom is -0.411 e. The van der Waals surface area contributed by atoms with Crippen LogP contribution < -0.4 is 0 Å². The molecule has 0 fully saturated rings. The highest BCUT2D eigenvalue weighted by Gasteiger charge is 2.41. The number of halogens is 3. The van der Waals surface area contributed by atoms with Crippen LogP contribution in [0, 0.1) is 18.6 Å². The van der Waals surface area contributed by atoms with Gasteiger partial charge >= 0.3 is 0 Å². The lowest BCUT2D eigenvalue weighted by Crippen LogP contribution is -2.37. The Morgan fingerprint density at radius 1 is 0.963 bits per heavy atom. The first-order valence-electron chi connectivity index (χ1n) is 8.23. The molecule has 27 heavy (non-hydrogen) atoms. The summed E-state index contributed by atoms with van der Waals surface area (Å²) in [6.45, 7) is 3.45. The Kier molecular flexibility index (Phi) is 5.37. The van der Waals surface area contributed by atoms with Gasteiger partial charge < -0.3 is 5.21 Å². The second-order valence-corrected chi connectivity index (χ2v) is 7.20. The van der Waals surface area contributed by atoms with E-state index < -0.39 is 17.0 Å². The molecule has 0 bridgehead atoms. The van der Waals surface area contributed by atoms with E-state index >= 15 is 0 Å². The number of nitrogens with zero attached hydrogens (tertiary/aromatic N) is 2. The van der Waals surface area contributed by atoms with Crippen molar-refractivity contribution >= 4 is 21.6 Å². The molecule has 1 unspecified atom stereocenters. The Labute approximate surface area is 164 Å². The summed E-state index contributed by atoms with van der Waals surface area (Å²) in [4.78, 5) is 4.22. The molecule has 0 aliphatic heterocycles. The van der Waals surface area contributed by atoms with Crippen LogP contribution >= 0.6 is 15.9 Å². The summed E-state index contributed by atoms with van der Waals surface area (Å²) in [7, 11) is 0. The van der Waals surface area contributed by atoms with Gasteiger partial charge in [0.25, 0.3) is 0 Å². The van der Waals surface area contributed by atoms with Crippen molar-refractivity contribution in [2.75, 3.05) is 0 Å². The minimum atomic E-state index is -1.19. The fraction of sp³-hybridized carbons (Fsp3) is 0.143. The van der Waals surface area contributed by atoms with Crippen LogP contribution in [0.5, 0.6) is 0 Å². The van der Waals surface area contributed by atoms with Gasteiger partial charge in [-0.3, -0.25) is 4.98 Å². The summed E-state index contributed by atoms with van der Waals surface area (Å²) in [6.07, 6.45) is 1.62. The van der Waals surface area contributed by atoms with Crippen LogP contribution in [0.15, 0.2) is 70.4 Å². The van der Waals surface area contributed by atoms with Crippen molar-refractivity contribution in [3.63, 3.8) is 0 Å². The molecule has 3 nitrogen and oxygen atoms in total. The zero-order valence-corrected chi connectivity index (χ0v) is 16.3. The molecule has 3 rings (SSSR count). The van der Waals surface area contributed by atoms with Crippen LogP contribution in [0.25, 0.3) is 0 Å². The fourth-order valence-electron chi connectivity index (χ4n) is 3.45. The largest absolute Gasteiger partial charge is 0.411 e. The first-order valence-corrected chi connectivity index (χ1v) is 9.02. The molecule has 0 aliphatic rings. The highest BCUT2D eigenvalue weighted by atomic mass is 79.9. The van der Waals surface area contributed by atoms with Crippen LogP contribution in [0.1, 0.15) is 29.3 Å². The number of aryl methyl sites for hydroxylation is 1. The first-order chi connectivity index (χ1) is 12.9. The first kappa shape index (κ1) is 19.2. The van der Waals surface area contributed by atoms with E-state index in [9.17, 15) is 14.0 Å². The van der Waals surface area contributed by atoms with E-state index in [-0.39, 0.29) is 5.71 Å². The Morgan fingerprint density at radius 3 is 2.15 bits per heavy atom. The number of hydrogen-bond donors (Lipinski definition) is 1. The zero-order chi connectivity index (χ0) is 19.6.